The van der Waals surface area contributed by atoms with Gasteiger partial charge >= 0.3 is 18.5 Å². The molecule has 4 rings (SSSR count). The summed E-state index contributed by atoms with van der Waals surface area (Å²) in [7, 11) is -3.97. The lowest BCUT2D eigenvalue weighted by Gasteiger charge is -2.16. The number of nitrogens with zero attached hydrogens (tertiary/aromatic N) is 1. The maximum atomic E-state index is 14.0. The molecule has 0 unspecified atom stereocenters. The highest BCUT2D eigenvalue weighted by molar-refractivity contribution is 9.10. The van der Waals surface area contributed by atoms with Crippen molar-refractivity contribution in [3.63, 3.8) is 0 Å². The molecule has 244 valence electrons. The fraction of sp³-hybridized carbons (Fsp3) is 0.250. The first-order chi connectivity index (χ1) is 20.9. The van der Waals surface area contributed by atoms with Crippen molar-refractivity contribution in [2.75, 3.05) is 13.2 Å². The highest BCUT2D eigenvalue weighted by atomic mass is 79.9. The first-order valence-corrected chi connectivity index (χ1v) is 14.9. The van der Waals surface area contributed by atoms with Crippen molar-refractivity contribution in [2.45, 2.75) is 36.4 Å². The van der Waals surface area contributed by atoms with Crippen molar-refractivity contribution in [1.82, 2.24) is 3.97 Å². The Labute approximate surface area is 259 Å². The number of hydrogen-bond acceptors (Lipinski definition) is 5. The van der Waals surface area contributed by atoms with Gasteiger partial charge in [-0.3, -0.25) is 0 Å². The van der Waals surface area contributed by atoms with E-state index in [0.717, 1.165) is 14.0 Å². The number of carboxylic acid groups (broad SMARTS) is 1. The molecule has 0 saturated heterocycles. The zero-order valence-electron chi connectivity index (χ0n) is 22.7. The summed E-state index contributed by atoms with van der Waals surface area (Å²) in [6.07, 6.45) is -7.05. The van der Waals surface area contributed by atoms with Crippen LogP contribution < -0.4 is 15.2 Å². The number of alkyl halides is 7. The van der Waals surface area contributed by atoms with Gasteiger partial charge in [-0.25, -0.2) is 25.6 Å². The molecule has 0 aliphatic rings. The lowest BCUT2D eigenvalue weighted by molar-refractivity contribution is -0.670. The summed E-state index contributed by atoms with van der Waals surface area (Å²) in [6.45, 7) is -0.456. The van der Waals surface area contributed by atoms with Crippen molar-refractivity contribution in [2.24, 2.45) is 0 Å². The number of hydrogen-bond donors (Lipinski definition) is 1. The molecule has 0 fully saturated rings. The van der Waals surface area contributed by atoms with E-state index in [1.807, 2.05) is 5.32 Å². The molecule has 2 N–H and O–H groups in total. The Morgan fingerprint density at radius 1 is 1.00 bits per heavy atom. The molecule has 1 heterocycles. The Hall–Kier alpha value is -3.70. The second-order valence-electron chi connectivity index (χ2n) is 9.39. The van der Waals surface area contributed by atoms with Gasteiger partial charge in [0.15, 0.2) is 6.61 Å². The van der Waals surface area contributed by atoms with Crippen LogP contribution in [0.4, 0.5) is 35.1 Å². The number of carboxylic acids is 1. The molecule has 45 heavy (non-hydrogen) atoms. The van der Waals surface area contributed by atoms with Gasteiger partial charge in [-0.2, -0.15) is 22.0 Å². The molecule has 0 atom stereocenters. The minimum atomic E-state index is -5.19. The van der Waals surface area contributed by atoms with Crippen molar-refractivity contribution >= 4 is 42.8 Å². The van der Waals surface area contributed by atoms with Crippen molar-refractivity contribution in [3.05, 3.63) is 94.3 Å². The summed E-state index contributed by atoms with van der Waals surface area (Å²) in [5.74, 6) is -7.75. The number of ether oxygens (including phenoxy) is 1. The number of aliphatic carboxylic acids is 1. The second-order valence-corrected chi connectivity index (χ2v) is 12.1. The molecule has 0 bridgehead atoms. The van der Waals surface area contributed by atoms with Crippen LogP contribution in [-0.2, 0) is 27.8 Å². The number of quaternary nitrogens is 1. The van der Waals surface area contributed by atoms with E-state index >= 15 is 0 Å². The summed E-state index contributed by atoms with van der Waals surface area (Å²) in [6, 6.07) is 16.4. The monoisotopic (exact) mass is 730 g/mol. The number of benzene rings is 3. The van der Waals surface area contributed by atoms with Crippen LogP contribution in [0.1, 0.15) is 11.1 Å². The van der Waals surface area contributed by atoms with E-state index in [2.05, 4.69) is 15.9 Å². The van der Waals surface area contributed by atoms with Gasteiger partial charge < -0.3 is 20.0 Å². The normalized spacial score (nSPS) is 12.2. The standard InChI is InChI=1S/C26H22BrF5N2O3S.C2HF3O2/c27-19-4-7-22(8-5-19)38(35,36)34-15-18(23-9-6-20(28)13-24(23)34)10-11-33-14-17-2-1-3-21(12-17)37-16-26(31,32)25(29)30;3-2(4,5)1(6)7/h1-9,12-13,15,25,33H,10-11,14,16H2;(H,6,7). The van der Waals surface area contributed by atoms with Crippen molar-refractivity contribution < 1.29 is 63.5 Å². The molecule has 0 radical (unpaired) electrons. The lowest BCUT2D eigenvalue weighted by atomic mass is 10.1. The van der Waals surface area contributed by atoms with Gasteiger partial charge in [-0.05, 0) is 60.2 Å². The number of halogens is 9. The van der Waals surface area contributed by atoms with Crippen LogP contribution in [0.15, 0.2) is 82.3 Å². The zero-order valence-corrected chi connectivity index (χ0v) is 25.1. The molecule has 0 aliphatic carbocycles. The average Bonchev–Trinajstić information content (AvgIpc) is 3.33. The molecule has 7 nitrogen and oxygen atoms in total. The number of carbonyl (C=O) groups excluding carboxylic acids is 1. The number of nitrogens with two attached hydrogens (primary N) is 1. The first kappa shape index (κ1) is 35.8. The van der Waals surface area contributed by atoms with Gasteiger partial charge in [-0.15, -0.1) is 0 Å². The zero-order chi connectivity index (χ0) is 33.6. The van der Waals surface area contributed by atoms with Gasteiger partial charge in [0.05, 0.1) is 17.0 Å². The lowest BCUT2D eigenvalue weighted by Crippen LogP contribution is -2.83. The molecule has 0 spiro atoms. The third kappa shape index (κ3) is 9.64. The van der Waals surface area contributed by atoms with Crippen LogP contribution in [0, 0.1) is 5.82 Å². The number of rotatable bonds is 11. The molecule has 4 aromatic rings. The van der Waals surface area contributed by atoms with E-state index < -0.39 is 46.9 Å². The highest BCUT2D eigenvalue weighted by Gasteiger charge is 2.41. The summed E-state index contributed by atoms with van der Waals surface area (Å²) in [4.78, 5) is 8.85. The van der Waals surface area contributed by atoms with E-state index in [9.17, 15) is 43.5 Å². The maximum absolute atomic E-state index is 14.0. The minimum Gasteiger partial charge on any atom is -0.542 e. The van der Waals surface area contributed by atoms with Crippen LogP contribution in [0.3, 0.4) is 0 Å². The Balaban J connectivity index is 0.000000707. The third-order valence-electron chi connectivity index (χ3n) is 6.06. The molecular formula is C28H23BrF8N2O5S. The minimum absolute atomic E-state index is 0.0551. The van der Waals surface area contributed by atoms with E-state index in [1.54, 1.807) is 30.3 Å². The van der Waals surface area contributed by atoms with E-state index in [1.165, 1.54) is 42.6 Å². The Morgan fingerprint density at radius 3 is 2.24 bits per heavy atom. The van der Waals surface area contributed by atoms with Crippen molar-refractivity contribution in [3.8, 4) is 5.75 Å². The molecule has 1 aromatic heterocycles. The summed E-state index contributed by atoms with van der Waals surface area (Å²) >= 11 is 3.28. The van der Waals surface area contributed by atoms with Crippen LogP contribution in [0.5, 0.6) is 5.75 Å². The molecular weight excluding hydrogens is 708 g/mol. The van der Waals surface area contributed by atoms with E-state index in [0.29, 0.717) is 30.5 Å². The van der Waals surface area contributed by atoms with Crippen LogP contribution in [-0.4, -0.2) is 50.0 Å². The predicted octanol–water partition coefficient (Wildman–Crippen LogP) is 4.66. The predicted molar refractivity (Wildman–Crippen MR) is 147 cm³/mol. The molecule has 3 aromatic carbocycles. The van der Waals surface area contributed by atoms with Crippen LogP contribution >= 0.6 is 15.9 Å². The Morgan fingerprint density at radius 2 is 1.64 bits per heavy atom. The molecule has 0 saturated carbocycles. The Bertz CT molecular complexity index is 1730. The van der Waals surface area contributed by atoms with Crippen molar-refractivity contribution in [1.29, 1.82) is 0 Å². The third-order valence-corrected chi connectivity index (χ3v) is 8.28. The number of carbonyl (C=O) groups is 1. The van der Waals surface area contributed by atoms with Gasteiger partial charge in [-0.1, -0.05) is 28.1 Å². The number of aromatic nitrogens is 1. The maximum Gasteiger partial charge on any atom is 0.430 e. The van der Waals surface area contributed by atoms with E-state index in [4.69, 9.17) is 14.6 Å². The second kappa shape index (κ2) is 14.6. The van der Waals surface area contributed by atoms with Crippen LogP contribution in [0.25, 0.3) is 10.9 Å². The smallest absolute Gasteiger partial charge is 0.430 e. The van der Waals surface area contributed by atoms with Gasteiger partial charge in [0, 0.05) is 28.0 Å². The highest BCUT2D eigenvalue weighted by Crippen LogP contribution is 2.28. The summed E-state index contributed by atoms with van der Waals surface area (Å²) < 4.78 is 130. The first-order valence-electron chi connectivity index (χ1n) is 12.7. The topological polar surface area (TPSA) is 105 Å². The fourth-order valence-corrected chi connectivity index (χ4v) is 5.54. The Kier molecular flexibility index (Phi) is 11.6. The average molecular weight is 731 g/mol. The number of fused-ring (bicyclic) bond motifs is 1. The SMILES string of the molecule is O=C([O-])C(F)(F)F.O=S(=O)(c1ccc(Br)cc1)n1cc(CC[NH2+]Cc2cccc(OCC(F)(F)C(F)F)c2)c2ccc(F)cc21. The quantitative estimate of drug-likeness (QED) is 0.179. The van der Waals surface area contributed by atoms with Gasteiger partial charge in [0.25, 0.3) is 10.0 Å². The van der Waals surface area contributed by atoms with Crippen LogP contribution in [0.2, 0.25) is 0 Å². The molecule has 0 aliphatic heterocycles. The van der Waals surface area contributed by atoms with E-state index in [-0.39, 0.29) is 16.2 Å². The summed E-state index contributed by atoms with van der Waals surface area (Å²) in [5, 5.41) is 11.3. The largest absolute Gasteiger partial charge is 0.542 e. The molecule has 0 amide bonds. The van der Waals surface area contributed by atoms with Gasteiger partial charge in [0.1, 0.15) is 24.1 Å². The molecule has 17 heteroatoms. The fourth-order valence-electron chi connectivity index (χ4n) is 3.89. The van der Waals surface area contributed by atoms with Gasteiger partial charge in [0.2, 0.25) is 0 Å². The summed E-state index contributed by atoms with van der Waals surface area (Å²) in [5.41, 5.74) is 1.67.